The highest BCUT2D eigenvalue weighted by Gasteiger charge is 2.19. The quantitative estimate of drug-likeness (QED) is 0.777. The molecule has 20 heavy (non-hydrogen) atoms. The number of rotatable bonds is 7. The molecule has 0 radical (unpaired) electrons. The number of hydrogen-bond donors (Lipinski definition) is 1. The van der Waals surface area contributed by atoms with Crippen molar-refractivity contribution in [2.45, 2.75) is 32.9 Å². The first-order valence-corrected chi connectivity index (χ1v) is 7.25. The van der Waals surface area contributed by atoms with Gasteiger partial charge in [0.25, 0.3) is 0 Å². The van der Waals surface area contributed by atoms with Crippen molar-refractivity contribution in [2.24, 2.45) is 0 Å². The third kappa shape index (κ3) is 4.20. The van der Waals surface area contributed by atoms with Crippen LogP contribution in [0.4, 0.5) is 0 Å². The molecule has 1 saturated heterocycles. The summed E-state index contributed by atoms with van der Waals surface area (Å²) in [6.45, 7) is 8.20. The molecular formula is C16H25NO3. The third-order valence-corrected chi connectivity index (χ3v) is 3.50. The highest BCUT2D eigenvalue weighted by molar-refractivity contribution is 5.43. The fraction of sp³-hybridized carbons (Fsp3) is 0.625. The maximum atomic E-state index is 6.07. The Morgan fingerprint density at radius 3 is 2.65 bits per heavy atom. The van der Waals surface area contributed by atoms with E-state index in [1.54, 1.807) is 7.11 Å². The number of methoxy groups -OCH3 is 1. The Kier molecular flexibility index (Phi) is 5.83. The lowest BCUT2D eigenvalue weighted by Crippen LogP contribution is -2.19. The van der Waals surface area contributed by atoms with E-state index in [2.05, 4.69) is 31.3 Å². The summed E-state index contributed by atoms with van der Waals surface area (Å²) in [6.07, 6.45) is 1.19. The molecule has 1 atom stereocenters. The van der Waals surface area contributed by atoms with Gasteiger partial charge >= 0.3 is 0 Å². The molecule has 0 spiro atoms. The van der Waals surface area contributed by atoms with E-state index in [0.717, 1.165) is 38.5 Å². The molecule has 0 amide bonds. The molecule has 0 aliphatic carbocycles. The van der Waals surface area contributed by atoms with Crippen LogP contribution in [0.5, 0.6) is 5.75 Å². The van der Waals surface area contributed by atoms with Gasteiger partial charge in [0.05, 0.1) is 19.8 Å². The van der Waals surface area contributed by atoms with Crippen molar-refractivity contribution >= 4 is 0 Å². The van der Waals surface area contributed by atoms with Gasteiger partial charge in [0.15, 0.2) is 0 Å². The zero-order chi connectivity index (χ0) is 14.4. The van der Waals surface area contributed by atoms with E-state index < -0.39 is 0 Å². The lowest BCUT2D eigenvalue weighted by atomic mass is 10.1. The fourth-order valence-corrected chi connectivity index (χ4v) is 2.51. The SMILES string of the molecule is COCCNCc1cc(C)c(OC2CCOC2)c(C)c1. The van der Waals surface area contributed by atoms with Crippen molar-refractivity contribution in [3.8, 4) is 5.75 Å². The first-order valence-electron chi connectivity index (χ1n) is 7.25. The molecule has 1 unspecified atom stereocenters. The summed E-state index contributed by atoms with van der Waals surface area (Å²) in [4.78, 5) is 0. The van der Waals surface area contributed by atoms with E-state index in [-0.39, 0.29) is 6.10 Å². The smallest absolute Gasteiger partial charge is 0.125 e. The number of benzene rings is 1. The van der Waals surface area contributed by atoms with Crippen molar-refractivity contribution in [1.82, 2.24) is 5.32 Å². The summed E-state index contributed by atoms with van der Waals surface area (Å²) < 4.78 is 16.5. The number of nitrogens with one attached hydrogen (secondary N) is 1. The molecule has 4 nitrogen and oxygen atoms in total. The molecule has 4 heteroatoms. The van der Waals surface area contributed by atoms with Crippen LogP contribution < -0.4 is 10.1 Å². The maximum Gasteiger partial charge on any atom is 0.125 e. The molecule has 1 aromatic carbocycles. The highest BCUT2D eigenvalue weighted by atomic mass is 16.5. The minimum atomic E-state index is 0.207. The van der Waals surface area contributed by atoms with Gasteiger partial charge in [0.2, 0.25) is 0 Å². The minimum absolute atomic E-state index is 0.207. The van der Waals surface area contributed by atoms with Gasteiger partial charge in [-0.05, 0) is 30.5 Å². The molecular weight excluding hydrogens is 254 g/mol. The first-order chi connectivity index (χ1) is 9.70. The van der Waals surface area contributed by atoms with Gasteiger partial charge in [-0.15, -0.1) is 0 Å². The second kappa shape index (κ2) is 7.62. The largest absolute Gasteiger partial charge is 0.487 e. The predicted octanol–water partition coefficient (Wildman–Crippen LogP) is 2.21. The van der Waals surface area contributed by atoms with Crippen LogP contribution in [0, 0.1) is 13.8 Å². The summed E-state index contributed by atoms with van der Waals surface area (Å²) in [5, 5.41) is 3.36. The van der Waals surface area contributed by atoms with Gasteiger partial charge in [-0.3, -0.25) is 0 Å². The Bertz CT molecular complexity index is 405. The number of ether oxygens (including phenoxy) is 3. The van der Waals surface area contributed by atoms with Crippen LogP contribution in [0.25, 0.3) is 0 Å². The molecule has 1 fully saturated rings. The Morgan fingerprint density at radius 2 is 2.05 bits per heavy atom. The van der Waals surface area contributed by atoms with Crippen molar-refractivity contribution in [2.75, 3.05) is 33.5 Å². The molecule has 1 aliphatic rings. The van der Waals surface area contributed by atoms with E-state index in [0.29, 0.717) is 6.61 Å². The summed E-state index contributed by atoms with van der Waals surface area (Å²) in [5.74, 6) is 1.01. The van der Waals surface area contributed by atoms with Gasteiger partial charge in [0, 0.05) is 26.6 Å². The van der Waals surface area contributed by atoms with E-state index in [4.69, 9.17) is 14.2 Å². The average Bonchev–Trinajstić information content (AvgIpc) is 2.92. The Hall–Kier alpha value is -1.10. The number of hydrogen-bond acceptors (Lipinski definition) is 4. The van der Waals surface area contributed by atoms with Gasteiger partial charge in [-0.2, -0.15) is 0 Å². The van der Waals surface area contributed by atoms with Crippen molar-refractivity contribution < 1.29 is 14.2 Å². The topological polar surface area (TPSA) is 39.7 Å². The monoisotopic (exact) mass is 279 g/mol. The van der Waals surface area contributed by atoms with Crippen molar-refractivity contribution in [1.29, 1.82) is 0 Å². The van der Waals surface area contributed by atoms with Crippen molar-refractivity contribution in [3.63, 3.8) is 0 Å². The molecule has 0 saturated carbocycles. The van der Waals surface area contributed by atoms with E-state index in [1.807, 2.05) is 0 Å². The minimum Gasteiger partial charge on any atom is -0.487 e. The summed E-state index contributed by atoms with van der Waals surface area (Å²) in [5.41, 5.74) is 3.67. The summed E-state index contributed by atoms with van der Waals surface area (Å²) in [6, 6.07) is 4.38. The lowest BCUT2D eigenvalue weighted by molar-refractivity contribution is 0.140. The number of aryl methyl sites for hydroxylation is 2. The summed E-state index contributed by atoms with van der Waals surface area (Å²) in [7, 11) is 1.72. The fourth-order valence-electron chi connectivity index (χ4n) is 2.51. The first kappa shape index (κ1) is 15.3. The van der Waals surface area contributed by atoms with Crippen molar-refractivity contribution in [3.05, 3.63) is 28.8 Å². The van der Waals surface area contributed by atoms with Crippen LogP contribution in [0.3, 0.4) is 0 Å². The van der Waals surface area contributed by atoms with Crippen LogP contribution >= 0.6 is 0 Å². The Morgan fingerprint density at radius 1 is 1.30 bits per heavy atom. The summed E-state index contributed by atoms with van der Waals surface area (Å²) >= 11 is 0. The third-order valence-electron chi connectivity index (χ3n) is 3.50. The normalized spacial score (nSPS) is 18.4. The van der Waals surface area contributed by atoms with Gasteiger partial charge in [-0.1, -0.05) is 12.1 Å². The lowest BCUT2D eigenvalue weighted by Gasteiger charge is -2.18. The zero-order valence-electron chi connectivity index (χ0n) is 12.7. The van der Waals surface area contributed by atoms with Crippen LogP contribution in [-0.2, 0) is 16.0 Å². The van der Waals surface area contributed by atoms with Gasteiger partial charge in [-0.25, -0.2) is 0 Å². The van der Waals surface area contributed by atoms with E-state index >= 15 is 0 Å². The van der Waals surface area contributed by atoms with Crippen LogP contribution in [0.1, 0.15) is 23.1 Å². The predicted molar refractivity (Wildman–Crippen MR) is 79.4 cm³/mol. The molecule has 2 rings (SSSR count). The molecule has 0 aromatic heterocycles. The highest BCUT2D eigenvalue weighted by Crippen LogP contribution is 2.27. The van der Waals surface area contributed by atoms with Gasteiger partial charge in [0.1, 0.15) is 11.9 Å². The molecule has 1 N–H and O–H groups in total. The van der Waals surface area contributed by atoms with Crippen LogP contribution in [-0.4, -0.2) is 39.6 Å². The molecule has 1 aliphatic heterocycles. The Labute approximate surface area is 121 Å². The standard InChI is InChI=1S/C16H25NO3/c1-12-8-14(10-17-5-7-18-3)9-13(2)16(12)20-15-4-6-19-11-15/h8-9,15,17H,4-7,10-11H2,1-3H3. The zero-order valence-corrected chi connectivity index (χ0v) is 12.7. The van der Waals surface area contributed by atoms with Crippen LogP contribution in [0.15, 0.2) is 12.1 Å². The molecule has 112 valence electrons. The molecule has 1 heterocycles. The second-order valence-electron chi connectivity index (χ2n) is 5.33. The Balaban J connectivity index is 1.96. The average molecular weight is 279 g/mol. The van der Waals surface area contributed by atoms with Gasteiger partial charge < -0.3 is 19.5 Å². The maximum absolute atomic E-state index is 6.07. The van der Waals surface area contributed by atoms with Crippen LogP contribution in [0.2, 0.25) is 0 Å². The van der Waals surface area contributed by atoms with E-state index in [9.17, 15) is 0 Å². The molecule has 0 bridgehead atoms. The second-order valence-corrected chi connectivity index (χ2v) is 5.33. The molecule has 1 aromatic rings. The van der Waals surface area contributed by atoms with E-state index in [1.165, 1.54) is 16.7 Å².